The van der Waals surface area contributed by atoms with Crippen LogP contribution in [0.25, 0.3) is 10.9 Å². The van der Waals surface area contributed by atoms with E-state index in [1.807, 2.05) is 0 Å². The van der Waals surface area contributed by atoms with Crippen molar-refractivity contribution in [2.24, 2.45) is 5.73 Å². The first kappa shape index (κ1) is 14.6. The lowest BCUT2D eigenvalue weighted by Gasteiger charge is -2.38. The van der Waals surface area contributed by atoms with Crippen LogP contribution in [0.4, 0.5) is 0 Å². The lowest BCUT2D eigenvalue weighted by molar-refractivity contribution is 0.123. The third-order valence-corrected chi connectivity index (χ3v) is 4.91. The van der Waals surface area contributed by atoms with E-state index in [9.17, 15) is 0 Å². The predicted molar refractivity (Wildman–Crippen MR) is 89.4 cm³/mol. The highest BCUT2D eigenvalue weighted by Gasteiger charge is 2.25. The Morgan fingerprint density at radius 1 is 1.33 bits per heavy atom. The van der Waals surface area contributed by atoms with E-state index in [2.05, 4.69) is 48.1 Å². The number of aryl methyl sites for hydroxylation is 1. The number of nitrogens with zero attached hydrogens (tertiary/aromatic N) is 1. The molecule has 2 aromatic rings. The van der Waals surface area contributed by atoms with E-state index in [0.29, 0.717) is 6.04 Å². The highest BCUT2D eigenvalue weighted by atomic mass is 15.2. The molecule has 1 saturated heterocycles. The smallest absolute Gasteiger partial charge is 0.0489 e. The van der Waals surface area contributed by atoms with Crippen molar-refractivity contribution in [2.45, 2.75) is 58.2 Å². The van der Waals surface area contributed by atoms with Gasteiger partial charge in [0.1, 0.15) is 0 Å². The van der Waals surface area contributed by atoms with E-state index in [0.717, 1.165) is 13.0 Å². The Labute approximate surface area is 127 Å². The van der Waals surface area contributed by atoms with Crippen molar-refractivity contribution in [1.29, 1.82) is 0 Å². The average molecular weight is 285 g/mol. The van der Waals surface area contributed by atoms with Crippen LogP contribution < -0.4 is 5.73 Å². The maximum absolute atomic E-state index is 6.20. The number of nitrogens with two attached hydrogens (primary N) is 1. The number of H-pyrrole nitrogens is 1. The van der Waals surface area contributed by atoms with Crippen molar-refractivity contribution in [3.8, 4) is 0 Å². The summed E-state index contributed by atoms with van der Waals surface area (Å²) in [6, 6.07) is 7.41. The highest BCUT2D eigenvalue weighted by molar-refractivity contribution is 5.86. The van der Waals surface area contributed by atoms with E-state index in [1.165, 1.54) is 47.8 Å². The Bertz CT molecular complexity index is 600. The molecule has 1 fully saturated rings. The zero-order valence-electron chi connectivity index (χ0n) is 13.2. The first-order valence-corrected chi connectivity index (χ1v) is 8.28. The number of rotatable bonds is 4. The largest absolute Gasteiger partial charge is 0.361 e. The summed E-state index contributed by atoms with van der Waals surface area (Å²) in [5.41, 5.74) is 10.3. The Balaban J connectivity index is 1.87. The van der Waals surface area contributed by atoms with Gasteiger partial charge in [0.25, 0.3) is 0 Å². The van der Waals surface area contributed by atoms with Gasteiger partial charge in [-0.15, -0.1) is 0 Å². The molecule has 2 heterocycles. The Kier molecular flexibility index (Phi) is 4.32. The van der Waals surface area contributed by atoms with Crippen LogP contribution in [0.15, 0.2) is 24.4 Å². The van der Waals surface area contributed by atoms with Gasteiger partial charge >= 0.3 is 0 Å². The van der Waals surface area contributed by atoms with Crippen LogP contribution >= 0.6 is 0 Å². The number of piperidine rings is 1. The van der Waals surface area contributed by atoms with Gasteiger partial charge in [0.05, 0.1) is 0 Å². The second kappa shape index (κ2) is 6.20. The van der Waals surface area contributed by atoms with Crippen LogP contribution in [0.5, 0.6) is 0 Å². The summed E-state index contributed by atoms with van der Waals surface area (Å²) >= 11 is 0. The lowest BCUT2D eigenvalue weighted by atomic mass is 9.96. The van der Waals surface area contributed by atoms with Crippen molar-refractivity contribution >= 4 is 10.9 Å². The molecule has 0 saturated carbocycles. The molecule has 0 amide bonds. The van der Waals surface area contributed by atoms with Gasteiger partial charge in [0, 0.05) is 35.7 Å². The second-order valence-corrected chi connectivity index (χ2v) is 6.40. The molecular weight excluding hydrogens is 258 g/mol. The Hall–Kier alpha value is -1.32. The zero-order chi connectivity index (χ0) is 14.8. The van der Waals surface area contributed by atoms with Gasteiger partial charge < -0.3 is 10.7 Å². The molecule has 3 rings (SSSR count). The van der Waals surface area contributed by atoms with Crippen molar-refractivity contribution in [1.82, 2.24) is 9.88 Å². The maximum atomic E-state index is 6.20. The summed E-state index contributed by atoms with van der Waals surface area (Å²) in [5.74, 6) is 0. The van der Waals surface area contributed by atoms with Gasteiger partial charge in [-0.3, -0.25) is 4.90 Å². The third kappa shape index (κ3) is 2.85. The van der Waals surface area contributed by atoms with E-state index in [1.54, 1.807) is 0 Å². The van der Waals surface area contributed by atoms with Crippen LogP contribution in [-0.4, -0.2) is 28.5 Å². The van der Waals surface area contributed by atoms with Gasteiger partial charge in [-0.1, -0.05) is 31.5 Å². The molecule has 114 valence electrons. The topological polar surface area (TPSA) is 45.0 Å². The summed E-state index contributed by atoms with van der Waals surface area (Å²) in [4.78, 5) is 6.06. The van der Waals surface area contributed by atoms with Crippen LogP contribution in [0.3, 0.4) is 0 Å². The minimum absolute atomic E-state index is 0.252. The minimum Gasteiger partial charge on any atom is -0.361 e. The summed E-state index contributed by atoms with van der Waals surface area (Å²) < 4.78 is 0. The van der Waals surface area contributed by atoms with Gasteiger partial charge in [-0.2, -0.15) is 0 Å². The standard InChI is InChI=1S/C18H27N3/c1-3-14-7-6-8-16-15(11-20-18(14)16)12-21-10-5-4-9-17(21)13(2)19/h6-8,11,13,17,20H,3-5,9-10,12,19H2,1-2H3. The molecule has 1 aromatic carbocycles. The monoisotopic (exact) mass is 285 g/mol. The van der Waals surface area contributed by atoms with E-state index in [4.69, 9.17) is 5.73 Å². The van der Waals surface area contributed by atoms with E-state index in [-0.39, 0.29) is 6.04 Å². The maximum Gasteiger partial charge on any atom is 0.0489 e. The number of nitrogens with one attached hydrogen (secondary N) is 1. The number of aromatic amines is 1. The first-order chi connectivity index (χ1) is 10.2. The van der Waals surface area contributed by atoms with E-state index >= 15 is 0 Å². The number of aromatic nitrogens is 1. The molecule has 3 heteroatoms. The van der Waals surface area contributed by atoms with Crippen LogP contribution in [0.1, 0.15) is 44.2 Å². The fraction of sp³-hybridized carbons (Fsp3) is 0.556. The molecule has 3 N–H and O–H groups in total. The van der Waals surface area contributed by atoms with Crippen LogP contribution in [0.2, 0.25) is 0 Å². The van der Waals surface area contributed by atoms with Gasteiger partial charge in [-0.25, -0.2) is 0 Å². The molecular formula is C18H27N3. The normalized spacial score (nSPS) is 21.8. The van der Waals surface area contributed by atoms with Crippen molar-refractivity contribution in [2.75, 3.05) is 6.54 Å². The molecule has 2 unspecified atom stereocenters. The fourth-order valence-electron chi connectivity index (χ4n) is 3.73. The zero-order valence-corrected chi connectivity index (χ0v) is 13.2. The predicted octanol–water partition coefficient (Wildman–Crippen LogP) is 3.43. The fourth-order valence-corrected chi connectivity index (χ4v) is 3.73. The molecule has 2 atom stereocenters. The van der Waals surface area contributed by atoms with Gasteiger partial charge in [-0.05, 0) is 43.9 Å². The van der Waals surface area contributed by atoms with Crippen LogP contribution in [0, 0.1) is 0 Å². The van der Waals surface area contributed by atoms with Crippen molar-refractivity contribution < 1.29 is 0 Å². The number of hydrogen-bond acceptors (Lipinski definition) is 2. The molecule has 0 spiro atoms. The summed E-state index contributed by atoms with van der Waals surface area (Å²) in [5, 5.41) is 1.38. The molecule has 3 nitrogen and oxygen atoms in total. The number of hydrogen-bond donors (Lipinski definition) is 2. The summed E-state index contributed by atoms with van der Waals surface area (Å²) in [7, 11) is 0. The Morgan fingerprint density at radius 2 is 2.19 bits per heavy atom. The first-order valence-electron chi connectivity index (χ1n) is 8.28. The highest BCUT2D eigenvalue weighted by Crippen LogP contribution is 2.26. The molecule has 1 aromatic heterocycles. The average Bonchev–Trinajstić information content (AvgIpc) is 2.91. The SMILES string of the molecule is CCc1cccc2c(CN3CCCCC3C(C)N)c[nH]c12. The summed E-state index contributed by atoms with van der Waals surface area (Å²) in [6.45, 7) is 6.55. The molecule has 0 aliphatic carbocycles. The molecule has 0 radical (unpaired) electrons. The van der Waals surface area contributed by atoms with Crippen molar-refractivity contribution in [3.05, 3.63) is 35.5 Å². The molecule has 1 aliphatic heterocycles. The number of para-hydroxylation sites is 1. The molecule has 1 aliphatic rings. The number of benzene rings is 1. The second-order valence-electron chi connectivity index (χ2n) is 6.40. The van der Waals surface area contributed by atoms with Gasteiger partial charge in [0.2, 0.25) is 0 Å². The van der Waals surface area contributed by atoms with Crippen molar-refractivity contribution in [3.63, 3.8) is 0 Å². The van der Waals surface area contributed by atoms with Crippen LogP contribution in [-0.2, 0) is 13.0 Å². The van der Waals surface area contributed by atoms with E-state index < -0.39 is 0 Å². The minimum atomic E-state index is 0.252. The molecule has 21 heavy (non-hydrogen) atoms. The number of fused-ring (bicyclic) bond motifs is 1. The molecule has 0 bridgehead atoms. The van der Waals surface area contributed by atoms with Gasteiger partial charge in [0.15, 0.2) is 0 Å². The summed E-state index contributed by atoms with van der Waals surface area (Å²) in [6.07, 6.45) is 7.11. The Morgan fingerprint density at radius 3 is 2.95 bits per heavy atom. The quantitative estimate of drug-likeness (QED) is 0.904. The number of likely N-dealkylation sites (tertiary alicyclic amines) is 1. The lowest BCUT2D eigenvalue weighted by Crippen LogP contribution is -2.48. The third-order valence-electron chi connectivity index (χ3n) is 4.91.